The first kappa shape index (κ1) is 35.0. The number of halogens is 2. The van der Waals surface area contributed by atoms with Gasteiger partial charge in [0.15, 0.2) is 0 Å². The lowest BCUT2D eigenvalue weighted by atomic mass is 9.81. The average molecular weight is 667 g/mol. The number of rotatable bonds is 9. The minimum atomic E-state index is -0.941. The number of hydrogen-bond acceptors (Lipinski definition) is 10. The summed E-state index contributed by atoms with van der Waals surface area (Å²) >= 11 is 0. The highest BCUT2D eigenvalue weighted by Gasteiger charge is 2.37. The quantitative estimate of drug-likeness (QED) is 0.251. The van der Waals surface area contributed by atoms with Crippen LogP contribution in [0.25, 0.3) is 11.6 Å². The van der Waals surface area contributed by atoms with Crippen LogP contribution in [0.5, 0.6) is 11.8 Å². The van der Waals surface area contributed by atoms with Crippen molar-refractivity contribution in [1.82, 2.24) is 24.9 Å². The topological polar surface area (TPSA) is 127 Å². The molecule has 4 heterocycles. The SMILES string of the molecule is C[C@H](Oc1cc(O[C@H]2CCN(C(=O)OC(C)(C)C)[C@H](CC#N)C2)nc(-c2cc(C(C)(C)c3ccccc3F)no2)n1)[C@@H]1C[C@@H](F)CN1C. The summed E-state index contributed by atoms with van der Waals surface area (Å²) in [5.74, 6) is 0.400. The number of aromatic nitrogens is 3. The number of piperidine rings is 1. The Hall–Kier alpha value is -4.31. The van der Waals surface area contributed by atoms with Crippen LogP contribution in [0.4, 0.5) is 13.6 Å². The van der Waals surface area contributed by atoms with E-state index in [1.54, 1.807) is 56.0 Å². The van der Waals surface area contributed by atoms with Crippen LogP contribution < -0.4 is 9.47 Å². The fourth-order valence-electron chi connectivity index (χ4n) is 6.35. The molecule has 13 heteroatoms. The van der Waals surface area contributed by atoms with Crippen LogP contribution >= 0.6 is 0 Å². The first-order valence-corrected chi connectivity index (χ1v) is 16.3. The minimum absolute atomic E-state index is 0.114. The Morgan fingerprint density at radius 3 is 2.54 bits per heavy atom. The van der Waals surface area contributed by atoms with Crippen molar-refractivity contribution >= 4 is 6.09 Å². The van der Waals surface area contributed by atoms with Gasteiger partial charge in [0, 0.05) is 43.5 Å². The second-order valence-corrected chi connectivity index (χ2v) is 14.2. The third kappa shape index (κ3) is 8.03. The summed E-state index contributed by atoms with van der Waals surface area (Å²) in [5.41, 5.74) is -0.570. The molecule has 258 valence electrons. The molecule has 1 amide bonds. The molecule has 0 N–H and O–H groups in total. The molecule has 3 aromatic rings. The van der Waals surface area contributed by atoms with E-state index in [9.17, 15) is 18.8 Å². The lowest BCUT2D eigenvalue weighted by molar-refractivity contribution is -0.00382. The molecule has 2 aliphatic heterocycles. The van der Waals surface area contributed by atoms with E-state index in [-0.39, 0.29) is 47.7 Å². The van der Waals surface area contributed by atoms with Crippen LogP contribution in [0.3, 0.4) is 0 Å². The highest BCUT2D eigenvalue weighted by Crippen LogP contribution is 2.35. The van der Waals surface area contributed by atoms with Gasteiger partial charge in [-0.05, 0) is 66.6 Å². The molecule has 0 bridgehead atoms. The van der Waals surface area contributed by atoms with Gasteiger partial charge >= 0.3 is 6.09 Å². The van der Waals surface area contributed by atoms with Gasteiger partial charge < -0.3 is 23.6 Å². The molecule has 0 spiro atoms. The number of nitrogens with zero attached hydrogens (tertiary/aromatic N) is 6. The molecule has 2 aromatic heterocycles. The molecular weight excluding hydrogens is 622 g/mol. The summed E-state index contributed by atoms with van der Waals surface area (Å²) in [6, 6.07) is 11.3. The van der Waals surface area contributed by atoms with Crippen molar-refractivity contribution in [1.29, 1.82) is 5.26 Å². The Bertz CT molecular complexity index is 1640. The summed E-state index contributed by atoms with van der Waals surface area (Å²) in [6.45, 7) is 11.6. The lowest BCUT2D eigenvalue weighted by Gasteiger charge is -2.38. The number of hydrogen-bond donors (Lipinski definition) is 0. The standard InChI is InChI=1S/C35H44F2N6O5/c1-21(27-16-22(36)20-42(27)7)45-30-19-31(46-24-13-15-43(23(17-24)12-14-38)33(44)47-34(2,3)4)40-32(39-30)28-18-29(41-48-28)35(5,6)25-10-8-9-11-26(25)37/h8-11,18-19,21-24,27H,12-13,15-17,20H2,1-7H3/t21-,22+,23+,24-,27-/m0/s1. The number of benzene rings is 1. The van der Waals surface area contributed by atoms with Gasteiger partial charge in [0.05, 0.1) is 30.3 Å². The Kier molecular flexibility index (Phi) is 10.2. The maximum absolute atomic E-state index is 14.8. The van der Waals surface area contributed by atoms with Crippen LogP contribution in [-0.4, -0.2) is 87.2 Å². The van der Waals surface area contributed by atoms with Crippen LogP contribution in [-0.2, 0) is 10.2 Å². The smallest absolute Gasteiger partial charge is 0.410 e. The molecule has 11 nitrogen and oxygen atoms in total. The monoisotopic (exact) mass is 666 g/mol. The number of carbonyl (C=O) groups is 1. The first-order chi connectivity index (χ1) is 22.6. The van der Waals surface area contributed by atoms with Crippen LogP contribution in [0.1, 0.15) is 78.5 Å². The van der Waals surface area contributed by atoms with Crippen molar-refractivity contribution in [3.05, 3.63) is 53.5 Å². The van der Waals surface area contributed by atoms with E-state index < -0.39 is 35.4 Å². The summed E-state index contributed by atoms with van der Waals surface area (Å²) in [6.07, 6.45) is -0.892. The molecule has 2 aliphatic rings. The Morgan fingerprint density at radius 1 is 1.15 bits per heavy atom. The summed E-state index contributed by atoms with van der Waals surface area (Å²) in [7, 11) is 1.86. The van der Waals surface area contributed by atoms with Crippen molar-refractivity contribution in [3.8, 4) is 29.4 Å². The Labute approximate surface area is 280 Å². The highest BCUT2D eigenvalue weighted by atomic mass is 19.1. The van der Waals surface area contributed by atoms with E-state index in [2.05, 4.69) is 21.2 Å². The maximum atomic E-state index is 14.8. The zero-order valence-corrected chi connectivity index (χ0v) is 28.6. The van der Waals surface area contributed by atoms with E-state index in [0.717, 1.165) is 0 Å². The number of alkyl halides is 1. The third-order valence-corrected chi connectivity index (χ3v) is 8.91. The lowest BCUT2D eigenvalue weighted by Crippen LogP contribution is -2.50. The molecule has 0 unspecified atom stereocenters. The Balaban J connectivity index is 1.42. The predicted octanol–water partition coefficient (Wildman–Crippen LogP) is 6.47. The van der Waals surface area contributed by atoms with Gasteiger partial charge in [-0.1, -0.05) is 23.4 Å². The number of carbonyl (C=O) groups excluding carboxylic acids is 1. The van der Waals surface area contributed by atoms with Crippen LogP contribution in [0.2, 0.25) is 0 Å². The normalized spacial score (nSPS) is 22.6. The summed E-state index contributed by atoms with van der Waals surface area (Å²) in [4.78, 5) is 25.6. The van der Waals surface area contributed by atoms with Crippen molar-refractivity contribution in [2.45, 2.75) is 109 Å². The summed E-state index contributed by atoms with van der Waals surface area (Å²) < 4.78 is 52.8. The van der Waals surface area contributed by atoms with E-state index >= 15 is 0 Å². The van der Waals surface area contributed by atoms with Crippen molar-refractivity contribution < 1.29 is 32.3 Å². The number of likely N-dealkylation sites (N-methyl/N-ethyl adjacent to an activating group) is 1. The van der Waals surface area contributed by atoms with Crippen LogP contribution in [0, 0.1) is 17.1 Å². The molecule has 0 radical (unpaired) electrons. The van der Waals surface area contributed by atoms with E-state index in [4.69, 9.17) is 18.7 Å². The number of likely N-dealkylation sites (tertiary alicyclic amines) is 2. The number of amides is 1. The second-order valence-electron chi connectivity index (χ2n) is 14.2. The first-order valence-electron chi connectivity index (χ1n) is 16.3. The zero-order valence-electron chi connectivity index (χ0n) is 28.6. The second kappa shape index (κ2) is 14.0. The predicted molar refractivity (Wildman–Crippen MR) is 173 cm³/mol. The number of nitriles is 1. The third-order valence-electron chi connectivity index (χ3n) is 8.91. The van der Waals surface area contributed by atoms with Crippen molar-refractivity contribution in [2.75, 3.05) is 20.1 Å². The molecule has 2 saturated heterocycles. The van der Waals surface area contributed by atoms with Gasteiger partial charge in [0.25, 0.3) is 0 Å². The number of ether oxygens (including phenoxy) is 3. The zero-order chi connectivity index (χ0) is 34.8. The molecule has 2 fully saturated rings. The Morgan fingerprint density at radius 2 is 1.88 bits per heavy atom. The van der Waals surface area contributed by atoms with Gasteiger partial charge in [-0.15, -0.1) is 0 Å². The van der Waals surface area contributed by atoms with Gasteiger partial charge in [-0.2, -0.15) is 15.2 Å². The largest absolute Gasteiger partial charge is 0.474 e. The van der Waals surface area contributed by atoms with E-state index in [1.807, 2.05) is 32.7 Å². The molecule has 0 saturated carbocycles. The van der Waals surface area contributed by atoms with Crippen molar-refractivity contribution in [3.63, 3.8) is 0 Å². The fourth-order valence-corrected chi connectivity index (χ4v) is 6.35. The molecule has 1 aromatic carbocycles. The van der Waals surface area contributed by atoms with E-state index in [1.165, 1.54) is 6.07 Å². The van der Waals surface area contributed by atoms with Crippen molar-refractivity contribution in [2.24, 2.45) is 0 Å². The highest BCUT2D eigenvalue weighted by molar-refractivity contribution is 5.68. The van der Waals surface area contributed by atoms with Crippen LogP contribution in [0.15, 0.2) is 40.9 Å². The van der Waals surface area contributed by atoms with E-state index in [0.29, 0.717) is 43.6 Å². The summed E-state index contributed by atoms with van der Waals surface area (Å²) in [5, 5.41) is 13.8. The molecule has 48 heavy (non-hydrogen) atoms. The minimum Gasteiger partial charge on any atom is -0.474 e. The molecular formula is C35H44F2N6O5. The molecule has 5 atom stereocenters. The van der Waals surface area contributed by atoms with Gasteiger partial charge in [-0.3, -0.25) is 4.90 Å². The van der Waals surface area contributed by atoms with Gasteiger partial charge in [0.1, 0.15) is 29.8 Å². The fraction of sp³-hybridized carbons (Fsp3) is 0.571. The van der Waals surface area contributed by atoms with Gasteiger partial charge in [0.2, 0.25) is 23.3 Å². The molecule has 0 aliphatic carbocycles. The maximum Gasteiger partial charge on any atom is 0.410 e. The van der Waals surface area contributed by atoms with Gasteiger partial charge in [-0.25, -0.2) is 13.6 Å². The molecule has 5 rings (SSSR count). The average Bonchev–Trinajstić information content (AvgIpc) is 3.63.